The predicted octanol–water partition coefficient (Wildman–Crippen LogP) is 3.73. The van der Waals surface area contributed by atoms with Gasteiger partial charge in [0.15, 0.2) is 0 Å². The Morgan fingerprint density at radius 1 is 1.28 bits per heavy atom. The van der Waals surface area contributed by atoms with Crippen molar-refractivity contribution >= 4 is 0 Å². The van der Waals surface area contributed by atoms with Crippen molar-refractivity contribution in [2.75, 3.05) is 13.1 Å². The number of pyridine rings is 1. The molecule has 156 valence electrons. The molecule has 4 rings (SSSR count). The van der Waals surface area contributed by atoms with Crippen LogP contribution >= 0.6 is 0 Å². The summed E-state index contributed by atoms with van der Waals surface area (Å²) in [6.07, 6.45) is 1.29. The van der Waals surface area contributed by atoms with Gasteiger partial charge in [-0.2, -0.15) is 13.2 Å². The number of aromatic nitrogens is 3. The highest BCUT2D eigenvalue weighted by Gasteiger charge is 2.32. The second kappa shape index (κ2) is 7.55. The van der Waals surface area contributed by atoms with Crippen LogP contribution in [0.4, 0.5) is 13.2 Å². The third kappa shape index (κ3) is 3.95. The van der Waals surface area contributed by atoms with Gasteiger partial charge in [-0.15, -0.1) is 0 Å². The third-order valence-corrected chi connectivity index (χ3v) is 6.20. The first-order chi connectivity index (χ1) is 13.7. The SMILES string of the molecule is Cc1nc2c(c(=O)n1C(C)c1ccc(C(F)(F)F)nc1)CN(CC1CCC1)CC2. The van der Waals surface area contributed by atoms with E-state index in [4.69, 9.17) is 0 Å². The van der Waals surface area contributed by atoms with E-state index < -0.39 is 17.9 Å². The van der Waals surface area contributed by atoms with Crippen LogP contribution in [-0.2, 0) is 19.1 Å². The van der Waals surface area contributed by atoms with Gasteiger partial charge in [0.1, 0.15) is 11.5 Å². The molecule has 0 spiro atoms. The van der Waals surface area contributed by atoms with Crippen molar-refractivity contribution in [2.24, 2.45) is 5.92 Å². The number of halogens is 3. The predicted molar refractivity (Wildman–Crippen MR) is 103 cm³/mol. The molecule has 2 aromatic heterocycles. The molecule has 1 unspecified atom stereocenters. The number of nitrogens with zero attached hydrogens (tertiary/aromatic N) is 4. The van der Waals surface area contributed by atoms with Crippen molar-refractivity contribution < 1.29 is 13.2 Å². The lowest BCUT2D eigenvalue weighted by molar-refractivity contribution is -0.141. The van der Waals surface area contributed by atoms with Gasteiger partial charge in [-0.3, -0.25) is 19.2 Å². The zero-order valence-corrected chi connectivity index (χ0v) is 16.7. The molecule has 2 aliphatic rings. The Bertz CT molecular complexity index is 948. The molecule has 1 fully saturated rings. The lowest BCUT2D eigenvalue weighted by Gasteiger charge is -2.35. The Labute approximate surface area is 167 Å². The fourth-order valence-electron chi connectivity index (χ4n) is 4.29. The van der Waals surface area contributed by atoms with Crippen LogP contribution in [-0.4, -0.2) is 32.5 Å². The third-order valence-electron chi connectivity index (χ3n) is 6.20. The number of alkyl halides is 3. The molecule has 1 saturated carbocycles. The summed E-state index contributed by atoms with van der Waals surface area (Å²) in [6, 6.07) is 1.89. The van der Waals surface area contributed by atoms with Crippen molar-refractivity contribution in [2.45, 2.75) is 58.3 Å². The highest BCUT2D eigenvalue weighted by atomic mass is 19.4. The molecule has 1 atom stereocenters. The largest absolute Gasteiger partial charge is 0.433 e. The monoisotopic (exact) mass is 406 g/mol. The molecule has 0 aromatic carbocycles. The lowest BCUT2D eigenvalue weighted by atomic mass is 9.84. The van der Waals surface area contributed by atoms with E-state index >= 15 is 0 Å². The van der Waals surface area contributed by atoms with Crippen LogP contribution in [0.25, 0.3) is 0 Å². The first-order valence-electron chi connectivity index (χ1n) is 10.1. The van der Waals surface area contributed by atoms with Crippen LogP contribution in [0, 0.1) is 12.8 Å². The van der Waals surface area contributed by atoms with E-state index in [9.17, 15) is 18.0 Å². The normalized spacial score (nSPS) is 18.9. The summed E-state index contributed by atoms with van der Waals surface area (Å²) >= 11 is 0. The van der Waals surface area contributed by atoms with Gasteiger partial charge in [-0.05, 0) is 44.2 Å². The smallest absolute Gasteiger partial charge is 0.298 e. The van der Waals surface area contributed by atoms with Gasteiger partial charge >= 0.3 is 6.18 Å². The van der Waals surface area contributed by atoms with Crippen molar-refractivity contribution in [3.8, 4) is 0 Å². The molecule has 29 heavy (non-hydrogen) atoms. The second-order valence-electron chi connectivity index (χ2n) is 8.19. The highest BCUT2D eigenvalue weighted by Crippen LogP contribution is 2.30. The maximum absolute atomic E-state index is 13.3. The second-order valence-corrected chi connectivity index (χ2v) is 8.19. The number of hydrogen-bond donors (Lipinski definition) is 0. The van der Waals surface area contributed by atoms with Crippen LogP contribution in [0.1, 0.15) is 60.6 Å². The fraction of sp³-hybridized carbons (Fsp3) is 0.571. The molecule has 0 radical (unpaired) electrons. The van der Waals surface area contributed by atoms with Crippen molar-refractivity contribution in [3.05, 3.63) is 57.0 Å². The van der Waals surface area contributed by atoms with E-state index in [1.807, 2.05) is 0 Å². The van der Waals surface area contributed by atoms with Crippen molar-refractivity contribution in [1.82, 2.24) is 19.4 Å². The van der Waals surface area contributed by atoms with E-state index in [1.54, 1.807) is 18.4 Å². The van der Waals surface area contributed by atoms with E-state index in [1.165, 1.54) is 31.5 Å². The minimum absolute atomic E-state index is 0.0989. The molecular weight excluding hydrogens is 381 g/mol. The topological polar surface area (TPSA) is 51.0 Å². The Balaban J connectivity index is 1.62. The summed E-state index contributed by atoms with van der Waals surface area (Å²) in [5.74, 6) is 1.31. The molecule has 5 nitrogen and oxygen atoms in total. The molecule has 8 heteroatoms. The lowest BCUT2D eigenvalue weighted by Crippen LogP contribution is -2.42. The Kier molecular flexibility index (Phi) is 5.23. The highest BCUT2D eigenvalue weighted by molar-refractivity contribution is 5.25. The van der Waals surface area contributed by atoms with E-state index in [0.717, 1.165) is 37.2 Å². The van der Waals surface area contributed by atoms with Gasteiger partial charge in [0, 0.05) is 32.3 Å². The molecular formula is C21H25F3N4O. The van der Waals surface area contributed by atoms with Gasteiger partial charge < -0.3 is 0 Å². The van der Waals surface area contributed by atoms with Gasteiger partial charge in [0.25, 0.3) is 5.56 Å². The Morgan fingerprint density at radius 3 is 2.62 bits per heavy atom. The Hall–Kier alpha value is -2.22. The molecule has 1 aliphatic carbocycles. The summed E-state index contributed by atoms with van der Waals surface area (Å²) in [5, 5.41) is 0. The van der Waals surface area contributed by atoms with Gasteiger partial charge in [0.2, 0.25) is 0 Å². The Morgan fingerprint density at radius 2 is 2.03 bits per heavy atom. The van der Waals surface area contributed by atoms with Crippen molar-refractivity contribution in [3.63, 3.8) is 0 Å². The minimum Gasteiger partial charge on any atom is -0.298 e. The average Bonchev–Trinajstić information content (AvgIpc) is 2.64. The summed E-state index contributed by atoms with van der Waals surface area (Å²) in [4.78, 5) is 23.8. The van der Waals surface area contributed by atoms with Gasteiger partial charge in [-0.1, -0.05) is 12.5 Å². The van der Waals surface area contributed by atoms with E-state index in [2.05, 4.69) is 14.9 Å². The number of fused-ring (bicyclic) bond motifs is 1. The molecule has 1 aliphatic heterocycles. The van der Waals surface area contributed by atoms with E-state index in [0.29, 0.717) is 23.5 Å². The maximum Gasteiger partial charge on any atom is 0.433 e. The molecule has 0 N–H and O–H groups in total. The van der Waals surface area contributed by atoms with Crippen LogP contribution in [0.15, 0.2) is 23.1 Å². The van der Waals surface area contributed by atoms with Crippen LogP contribution < -0.4 is 5.56 Å². The fourth-order valence-corrected chi connectivity index (χ4v) is 4.29. The summed E-state index contributed by atoms with van der Waals surface area (Å²) in [7, 11) is 0. The number of rotatable bonds is 4. The molecule has 0 saturated heterocycles. The van der Waals surface area contributed by atoms with Crippen molar-refractivity contribution in [1.29, 1.82) is 0 Å². The van der Waals surface area contributed by atoms with E-state index in [-0.39, 0.29) is 5.56 Å². The number of hydrogen-bond acceptors (Lipinski definition) is 4. The van der Waals surface area contributed by atoms with Crippen LogP contribution in [0.3, 0.4) is 0 Å². The zero-order chi connectivity index (χ0) is 20.8. The van der Waals surface area contributed by atoms with Crippen LogP contribution in [0.5, 0.6) is 0 Å². The summed E-state index contributed by atoms with van der Waals surface area (Å²) in [6.45, 7) is 6.09. The van der Waals surface area contributed by atoms with Crippen LogP contribution in [0.2, 0.25) is 0 Å². The van der Waals surface area contributed by atoms with Gasteiger partial charge in [-0.25, -0.2) is 4.98 Å². The standard InChI is InChI=1S/C21H25F3N4O/c1-13(16-6-7-19(25-10-16)21(22,23)24)28-14(2)26-18-8-9-27(11-15-4-3-5-15)12-17(18)20(28)29/h6-7,10,13,15H,3-5,8-9,11-12H2,1-2H3. The first kappa shape index (κ1) is 20.1. The summed E-state index contributed by atoms with van der Waals surface area (Å²) < 4.78 is 39.9. The zero-order valence-electron chi connectivity index (χ0n) is 16.7. The molecule has 3 heterocycles. The molecule has 2 aromatic rings. The molecule has 0 amide bonds. The minimum atomic E-state index is -4.48. The number of aryl methyl sites for hydroxylation is 1. The maximum atomic E-state index is 13.3. The first-order valence-corrected chi connectivity index (χ1v) is 10.1. The quantitative estimate of drug-likeness (QED) is 0.776. The average molecular weight is 406 g/mol. The summed E-state index contributed by atoms with van der Waals surface area (Å²) in [5.41, 5.74) is 1.08. The molecule has 0 bridgehead atoms. The van der Waals surface area contributed by atoms with Gasteiger partial charge in [0.05, 0.1) is 17.3 Å².